The molecule has 2 rings (SSSR count). The van der Waals surface area contributed by atoms with Gasteiger partial charge in [-0.2, -0.15) is 0 Å². The van der Waals surface area contributed by atoms with E-state index in [-0.39, 0.29) is 11.8 Å². The van der Waals surface area contributed by atoms with Gasteiger partial charge in [0.15, 0.2) is 0 Å². The third-order valence-corrected chi connectivity index (χ3v) is 4.55. The lowest BCUT2D eigenvalue weighted by Crippen LogP contribution is -2.44. The van der Waals surface area contributed by atoms with Crippen molar-refractivity contribution in [3.63, 3.8) is 0 Å². The van der Waals surface area contributed by atoms with Gasteiger partial charge < -0.3 is 10.1 Å². The van der Waals surface area contributed by atoms with E-state index in [1.54, 1.807) is 13.2 Å². The van der Waals surface area contributed by atoms with E-state index in [0.717, 1.165) is 5.56 Å². The number of hydrogen-bond acceptors (Lipinski definition) is 3. The van der Waals surface area contributed by atoms with Gasteiger partial charge in [-0.3, -0.25) is 4.79 Å². The summed E-state index contributed by atoms with van der Waals surface area (Å²) in [5.41, 5.74) is 0.355. The van der Waals surface area contributed by atoms with E-state index >= 15 is 0 Å². The molecule has 0 aliphatic heterocycles. The van der Waals surface area contributed by atoms with E-state index in [0.29, 0.717) is 10.6 Å². The number of methoxy groups -OCH3 is 1. The van der Waals surface area contributed by atoms with Gasteiger partial charge in [0.25, 0.3) is 5.91 Å². The maximum Gasteiger partial charge on any atom is 0.265 e. The lowest BCUT2D eigenvalue weighted by atomic mass is 9.94. The number of benzene rings is 1. The summed E-state index contributed by atoms with van der Waals surface area (Å²) < 4.78 is 5.18. The van der Waals surface area contributed by atoms with Crippen LogP contribution in [-0.2, 0) is 5.54 Å². The first kappa shape index (κ1) is 14.9. The SMILES string of the molecule is COc1ccsc1C(=O)NC(C)(CCl)c1ccccc1. The maximum absolute atomic E-state index is 12.4. The molecule has 0 spiro atoms. The Morgan fingerprint density at radius 3 is 2.65 bits per heavy atom. The molecule has 0 aliphatic rings. The normalized spacial score (nSPS) is 13.6. The minimum Gasteiger partial charge on any atom is -0.495 e. The fourth-order valence-corrected chi connectivity index (χ4v) is 2.89. The highest BCUT2D eigenvalue weighted by molar-refractivity contribution is 7.12. The molecular weight excluding hydrogens is 294 g/mol. The van der Waals surface area contributed by atoms with Crippen LogP contribution in [0.15, 0.2) is 41.8 Å². The molecule has 0 saturated heterocycles. The van der Waals surface area contributed by atoms with Crippen molar-refractivity contribution in [2.45, 2.75) is 12.5 Å². The standard InChI is InChI=1S/C15H16ClNO2S/c1-15(10-16,11-6-4-3-5-7-11)17-14(18)13-12(19-2)8-9-20-13/h3-9H,10H2,1-2H3,(H,17,18). The highest BCUT2D eigenvalue weighted by atomic mass is 35.5. The molecule has 1 heterocycles. The molecule has 1 N–H and O–H groups in total. The molecule has 0 aliphatic carbocycles. The lowest BCUT2D eigenvalue weighted by molar-refractivity contribution is 0.0914. The van der Waals surface area contributed by atoms with Gasteiger partial charge in [-0.1, -0.05) is 30.3 Å². The molecule has 2 aromatic rings. The average molecular weight is 310 g/mol. The average Bonchev–Trinajstić information content (AvgIpc) is 2.96. The van der Waals surface area contributed by atoms with Crippen molar-refractivity contribution in [1.82, 2.24) is 5.32 Å². The highest BCUT2D eigenvalue weighted by Gasteiger charge is 2.29. The maximum atomic E-state index is 12.4. The predicted molar refractivity (Wildman–Crippen MR) is 82.9 cm³/mol. The number of hydrogen-bond donors (Lipinski definition) is 1. The molecule has 0 bridgehead atoms. The largest absolute Gasteiger partial charge is 0.495 e. The Labute approximate surface area is 127 Å². The van der Waals surface area contributed by atoms with Gasteiger partial charge in [0.05, 0.1) is 12.6 Å². The molecule has 0 radical (unpaired) electrons. The predicted octanol–water partition coefficient (Wildman–Crippen LogP) is 3.64. The van der Waals surface area contributed by atoms with E-state index in [4.69, 9.17) is 16.3 Å². The van der Waals surface area contributed by atoms with Gasteiger partial charge in [0.2, 0.25) is 0 Å². The van der Waals surface area contributed by atoms with Crippen LogP contribution in [0.5, 0.6) is 5.75 Å². The Morgan fingerprint density at radius 2 is 2.05 bits per heavy atom. The molecule has 1 unspecified atom stereocenters. The van der Waals surface area contributed by atoms with Crippen LogP contribution < -0.4 is 10.1 Å². The molecule has 1 aromatic heterocycles. The number of nitrogens with one attached hydrogen (secondary N) is 1. The van der Waals surface area contributed by atoms with Crippen molar-refractivity contribution < 1.29 is 9.53 Å². The zero-order valence-corrected chi connectivity index (χ0v) is 12.9. The zero-order chi connectivity index (χ0) is 14.6. The fraction of sp³-hybridized carbons (Fsp3) is 0.267. The van der Waals surface area contributed by atoms with Crippen LogP contribution in [0.1, 0.15) is 22.2 Å². The molecule has 5 heteroatoms. The van der Waals surface area contributed by atoms with E-state index in [9.17, 15) is 4.79 Å². The number of ether oxygens (including phenoxy) is 1. The van der Waals surface area contributed by atoms with Gasteiger partial charge in [0, 0.05) is 5.88 Å². The van der Waals surface area contributed by atoms with Gasteiger partial charge in [-0.05, 0) is 23.9 Å². The minimum atomic E-state index is -0.616. The monoisotopic (exact) mass is 309 g/mol. The summed E-state index contributed by atoms with van der Waals surface area (Å²) in [6.07, 6.45) is 0. The summed E-state index contributed by atoms with van der Waals surface area (Å²) in [7, 11) is 1.55. The molecule has 0 saturated carbocycles. The molecule has 1 aromatic carbocycles. The van der Waals surface area contributed by atoms with Crippen molar-refractivity contribution >= 4 is 28.8 Å². The summed E-state index contributed by atoms with van der Waals surface area (Å²) in [6, 6.07) is 11.5. The third-order valence-electron chi connectivity index (χ3n) is 3.12. The number of halogens is 1. The van der Waals surface area contributed by atoms with Gasteiger partial charge >= 0.3 is 0 Å². The Hall–Kier alpha value is -1.52. The van der Waals surface area contributed by atoms with Crippen molar-refractivity contribution in [2.75, 3.05) is 13.0 Å². The van der Waals surface area contributed by atoms with E-state index in [2.05, 4.69) is 5.32 Å². The quantitative estimate of drug-likeness (QED) is 0.856. The second kappa shape index (κ2) is 6.29. The highest BCUT2D eigenvalue weighted by Crippen LogP contribution is 2.27. The summed E-state index contributed by atoms with van der Waals surface area (Å²) in [5.74, 6) is 0.692. The van der Waals surface area contributed by atoms with E-state index in [1.165, 1.54) is 11.3 Å². The van der Waals surface area contributed by atoms with Crippen LogP contribution in [0, 0.1) is 0 Å². The topological polar surface area (TPSA) is 38.3 Å². The van der Waals surface area contributed by atoms with E-state index < -0.39 is 5.54 Å². The van der Waals surface area contributed by atoms with Crippen molar-refractivity contribution in [3.8, 4) is 5.75 Å². The van der Waals surface area contributed by atoms with Crippen LogP contribution in [0.3, 0.4) is 0 Å². The van der Waals surface area contributed by atoms with Crippen LogP contribution in [0.4, 0.5) is 0 Å². The van der Waals surface area contributed by atoms with Gasteiger partial charge in [-0.25, -0.2) is 0 Å². The van der Waals surface area contributed by atoms with Crippen LogP contribution in [-0.4, -0.2) is 18.9 Å². The molecule has 3 nitrogen and oxygen atoms in total. The minimum absolute atomic E-state index is 0.177. The summed E-state index contributed by atoms with van der Waals surface area (Å²) >= 11 is 7.43. The Morgan fingerprint density at radius 1 is 1.35 bits per heavy atom. The number of thiophene rings is 1. The van der Waals surface area contributed by atoms with Crippen molar-refractivity contribution in [3.05, 3.63) is 52.2 Å². The van der Waals surface area contributed by atoms with Crippen LogP contribution in [0.2, 0.25) is 0 Å². The fourth-order valence-electron chi connectivity index (χ4n) is 1.92. The van der Waals surface area contributed by atoms with E-state index in [1.807, 2.05) is 42.6 Å². The molecule has 1 atom stereocenters. The number of carbonyl (C=O) groups excluding carboxylic acids is 1. The van der Waals surface area contributed by atoms with Crippen LogP contribution >= 0.6 is 22.9 Å². The van der Waals surface area contributed by atoms with Gasteiger partial charge in [-0.15, -0.1) is 22.9 Å². The van der Waals surface area contributed by atoms with Crippen LogP contribution in [0.25, 0.3) is 0 Å². The smallest absolute Gasteiger partial charge is 0.265 e. The Kier molecular flexibility index (Phi) is 4.68. The summed E-state index contributed by atoms with van der Waals surface area (Å²) in [6.45, 7) is 1.91. The number of alkyl halides is 1. The third kappa shape index (κ3) is 2.97. The second-order valence-corrected chi connectivity index (χ2v) is 5.79. The van der Waals surface area contributed by atoms with Gasteiger partial charge in [0.1, 0.15) is 10.6 Å². The number of carbonyl (C=O) groups is 1. The first-order chi connectivity index (χ1) is 9.60. The first-order valence-electron chi connectivity index (χ1n) is 6.16. The Bertz CT molecular complexity index is 585. The molecule has 20 heavy (non-hydrogen) atoms. The Balaban J connectivity index is 2.24. The number of rotatable bonds is 5. The summed E-state index contributed by atoms with van der Waals surface area (Å²) in [4.78, 5) is 12.9. The zero-order valence-electron chi connectivity index (χ0n) is 11.4. The number of amides is 1. The molecular formula is C15H16ClNO2S. The second-order valence-electron chi connectivity index (χ2n) is 4.60. The molecule has 1 amide bonds. The van der Waals surface area contributed by atoms with Crippen molar-refractivity contribution in [1.29, 1.82) is 0 Å². The van der Waals surface area contributed by atoms with Crippen molar-refractivity contribution in [2.24, 2.45) is 0 Å². The molecule has 106 valence electrons. The lowest BCUT2D eigenvalue weighted by Gasteiger charge is -2.29. The first-order valence-corrected chi connectivity index (χ1v) is 7.57. The summed E-state index contributed by atoms with van der Waals surface area (Å²) in [5, 5.41) is 4.82. The molecule has 0 fully saturated rings.